The predicted molar refractivity (Wildman–Crippen MR) is 138 cm³/mol. The molecule has 0 aromatic heterocycles. The lowest BCUT2D eigenvalue weighted by atomic mass is 9.88. The zero-order chi connectivity index (χ0) is 26.3. The number of piperidine rings is 2. The number of amides is 4. The number of carbonyl (C=O) groups excluding carboxylic acids is 4. The fraction of sp³-hybridized carbons (Fsp3) is 0.517. The number of nitrogens with one attached hydrogen (secondary N) is 2. The first-order valence-corrected chi connectivity index (χ1v) is 13.8. The molecule has 200 valence electrons. The second kappa shape index (κ2) is 10.1. The highest BCUT2D eigenvalue weighted by Crippen LogP contribution is 2.36. The molecule has 1 aliphatic carbocycles. The Labute approximate surface area is 222 Å². The van der Waals surface area contributed by atoms with E-state index in [1.807, 2.05) is 6.08 Å². The summed E-state index contributed by atoms with van der Waals surface area (Å²) in [5.74, 6) is -1.84. The van der Waals surface area contributed by atoms with Gasteiger partial charge in [-0.15, -0.1) is 0 Å². The third-order valence-corrected chi connectivity index (χ3v) is 8.61. The van der Waals surface area contributed by atoms with Gasteiger partial charge in [0.15, 0.2) is 0 Å². The van der Waals surface area contributed by atoms with Crippen LogP contribution in [0.15, 0.2) is 47.2 Å². The highest BCUT2D eigenvalue weighted by molar-refractivity contribution is 6.23. The van der Waals surface area contributed by atoms with Crippen molar-refractivity contribution in [1.82, 2.24) is 20.4 Å². The largest absolute Gasteiger partial charge is 0.381 e. The number of hydrogen-bond donors (Lipinski definition) is 2. The molecule has 4 heterocycles. The molecule has 3 fully saturated rings. The van der Waals surface area contributed by atoms with Gasteiger partial charge < -0.3 is 10.1 Å². The third-order valence-electron chi connectivity index (χ3n) is 8.61. The van der Waals surface area contributed by atoms with Gasteiger partial charge >= 0.3 is 0 Å². The van der Waals surface area contributed by atoms with Gasteiger partial charge in [0.25, 0.3) is 11.8 Å². The average molecular weight is 519 g/mol. The van der Waals surface area contributed by atoms with Crippen molar-refractivity contribution in [2.45, 2.75) is 76.1 Å². The number of ether oxygens (including phenoxy) is 1. The molecule has 0 radical (unpaired) electrons. The number of likely N-dealkylation sites (tertiary alicyclic amines) is 1. The first-order valence-electron chi connectivity index (χ1n) is 13.8. The number of imide groups is 2. The summed E-state index contributed by atoms with van der Waals surface area (Å²) < 4.78 is 6.04. The van der Waals surface area contributed by atoms with Gasteiger partial charge in [-0.3, -0.25) is 34.3 Å². The van der Waals surface area contributed by atoms with E-state index in [1.165, 1.54) is 18.4 Å². The van der Waals surface area contributed by atoms with E-state index in [0.717, 1.165) is 49.5 Å². The molecule has 6 rings (SSSR count). The smallest absolute Gasteiger partial charge is 0.264 e. The summed E-state index contributed by atoms with van der Waals surface area (Å²) in [6, 6.07) is 7.57. The van der Waals surface area contributed by atoms with E-state index in [0.29, 0.717) is 36.2 Å². The van der Waals surface area contributed by atoms with Crippen LogP contribution in [0.5, 0.6) is 0 Å². The van der Waals surface area contributed by atoms with Crippen molar-refractivity contribution in [3.63, 3.8) is 0 Å². The van der Waals surface area contributed by atoms with Crippen molar-refractivity contribution in [3.8, 4) is 0 Å². The normalized spacial score (nSPS) is 25.6. The number of hydrogen-bond acceptors (Lipinski definition) is 7. The van der Waals surface area contributed by atoms with Crippen LogP contribution < -0.4 is 10.6 Å². The maximum absolute atomic E-state index is 13.3. The molecule has 2 N–H and O–H groups in total. The maximum atomic E-state index is 13.3. The first-order chi connectivity index (χ1) is 18.4. The Balaban J connectivity index is 1.05. The SMILES string of the molecule is O=C1CCC(N2C(=O)C3=C(C2=O)C(NCc2ccc(CN4CCC5(CCCO5)CC4)cc2)=CCC3)C(=O)N1. The molecule has 1 aromatic rings. The van der Waals surface area contributed by atoms with Gasteiger partial charge in [0.05, 0.1) is 11.2 Å². The molecule has 5 aliphatic rings. The molecule has 1 aromatic carbocycles. The van der Waals surface area contributed by atoms with Gasteiger partial charge in [0, 0.05) is 50.5 Å². The van der Waals surface area contributed by atoms with Crippen molar-refractivity contribution < 1.29 is 23.9 Å². The van der Waals surface area contributed by atoms with Gasteiger partial charge in [-0.1, -0.05) is 30.3 Å². The highest BCUT2D eigenvalue weighted by Gasteiger charge is 2.47. The fourth-order valence-electron chi connectivity index (χ4n) is 6.42. The van der Waals surface area contributed by atoms with E-state index in [1.54, 1.807) is 0 Å². The minimum Gasteiger partial charge on any atom is -0.381 e. The van der Waals surface area contributed by atoms with Crippen LogP contribution in [0, 0.1) is 0 Å². The lowest BCUT2D eigenvalue weighted by Gasteiger charge is -2.38. The lowest BCUT2D eigenvalue weighted by Crippen LogP contribution is -2.54. The maximum Gasteiger partial charge on any atom is 0.264 e. The summed E-state index contributed by atoms with van der Waals surface area (Å²) in [5.41, 5.74) is 3.94. The minimum atomic E-state index is -0.941. The Bertz CT molecular complexity index is 1220. The van der Waals surface area contributed by atoms with Crippen molar-refractivity contribution in [2.24, 2.45) is 0 Å². The molecular formula is C29H34N4O5. The molecule has 4 aliphatic heterocycles. The molecule has 9 nitrogen and oxygen atoms in total. The van der Waals surface area contributed by atoms with Crippen LogP contribution >= 0.6 is 0 Å². The number of rotatable bonds is 6. The van der Waals surface area contributed by atoms with E-state index < -0.39 is 23.8 Å². The second-order valence-corrected chi connectivity index (χ2v) is 11.0. The van der Waals surface area contributed by atoms with E-state index in [4.69, 9.17) is 4.74 Å². The molecule has 0 saturated carbocycles. The van der Waals surface area contributed by atoms with Crippen LogP contribution in [0.2, 0.25) is 0 Å². The van der Waals surface area contributed by atoms with Crippen molar-refractivity contribution >= 4 is 23.6 Å². The fourth-order valence-corrected chi connectivity index (χ4v) is 6.42. The number of nitrogens with zero attached hydrogens (tertiary/aromatic N) is 2. The van der Waals surface area contributed by atoms with Gasteiger partial charge in [-0.05, 0) is 56.1 Å². The molecule has 3 saturated heterocycles. The zero-order valence-corrected chi connectivity index (χ0v) is 21.6. The Morgan fingerprint density at radius 3 is 2.45 bits per heavy atom. The number of benzene rings is 1. The Morgan fingerprint density at radius 1 is 0.974 bits per heavy atom. The summed E-state index contributed by atoms with van der Waals surface area (Å²) in [5, 5.41) is 5.60. The van der Waals surface area contributed by atoms with Crippen molar-refractivity contribution in [1.29, 1.82) is 0 Å². The van der Waals surface area contributed by atoms with Crippen LogP contribution in [-0.4, -0.2) is 64.8 Å². The van der Waals surface area contributed by atoms with Gasteiger partial charge in [-0.25, -0.2) is 0 Å². The number of allylic oxidation sites excluding steroid dienone is 1. The molecule has 1 spiro atoms. The lowest BCUT2D eigenvalue weighted by molar-refractivity contribution is -0.150. The van der Waals surface area contributed by atoms with E-state index in [9.17, 15) is 19.2 Å². The van der Waals surface area contributed by atoms with E-state index in [2.05, 4.69) is 39.8 Å². The van der Waals surface area contributed by atoms with Crippen LogP contribution in [0.3, 0.4) is 0 Å². The van der Waals surface area contributed by atoms with E-state index in [-0.39, 0.29) is 24.3 Å². The monoisotopic (exact) mass is 518 g/mol. The van der Waals surface area contributed by atoms with Crippen LogP contribution in [0.1, 0.15) is 62.5 Å². The van der Waals surface area contributed by atoms with E-state index >= 15 is 0 Å². The van der Waals surface area contributed by atoms with Crippen LogP contribution in [0.25, 0.3) is 0 Å². The molecule has 9 heteroatoms. The van der Waals surface area contributed by atoms with Crippen LogP contribution in [-0.2, 0) is 37.0 Å². The first kappa shape index (κ1) is 25.0. The Morgan fingerprint density at radius 2 is 1.74 bits per heavy atom. The summed E-state index contributed by atoms with van der Waals surface area (Å²) >= 11 is 0. The standard InChI is InChI=1S/C29H34N4O5/c34-24-10-9-23(26(35)31-24)33-27(36)21-3-1-4-22(25(21)28(33)37)30-17-19-5-7-20(8-6-19)18-32-14-12-29(13-15-32)11-2-16-38-29/h4-8,23,30H,1-3,9-18H2,(H,31,34,35). The molecule has 1 atom stereocenters. The molecule has 0 bridgehead atoms. The summed E-state index contributed by atoms with van der Waals surface area (Å²) in [6.45, 7) is 4.49. The number of carbonyl (C=O) groups is 4. The van der Waals surface area contributed by atoms with Crippen molar-refractivity contribution in [3.05, 3.63) is 58.3 Å². The minimum absolute atomic E-state index is 0.113. The summed E-state index contributed by atoms with van der Waals surface area (Å²) in [7, 11) is 0. The summed E-state index contributed by atoms with van der Waals surface area (Å²) in [4.78, 5) is 53.8. The molecule has 38 heavy (non-hydrogen) atoms. The summed E-state index contributed by atoms with van der Waals surface area (Å²) in [6.07, 6.45) is 7.95. The third kappa shape index (κ3) is 4.69. The van der Waals surface area contributed by atoms with Gasteiger partial charge in [-0.2, -0.15) is 0 Å². The molecule has 4 amide bonds. The Kier molecular flexibility index (Phi) is 6.65. The van der Waals surface area contributed by atoms with Gasteiger partial charge in [0.2, 0.25) is 11.8 Å². The van der Waals surface area contributed by atoms with Crippen LogP contribution in [0.4, 0.5) is 0 Å². The topological polar surface area (TPSA) is 108 Å². The quantitative estimate of drug-likeness (QED) is 0.555. The zero-order valence-electron chi connectivity index (χ0n) is 21.6. The highest BCUT2D eigenvalue weighted by atomic mass is 16.5. The second-order valence-electron chi connectivity index (χ2n) is 11.0. The predicted octanol–water partition coefficient (Wildman–Crippen LogP) is 2.07. The average Bonchev–Trinajstić information content (AvgIpc) is 3.48. The van der Waals surface area contributed by atoms with Gasteiger partial charge in [0.1, 0.15) is 6.04 Å². The van der Waals surface area contributed by atoms with Crippen molar-refractivity contribution in [2.75, 3.05) is 19.7 Å². The Hall–Kier alpha value is -3.30. The molecule has 1 unspecified atom stereocenters. The molecular weight excluding hydrogens is 484 g/mol.